The van der Waals surface area contributed by atoms with E-state index in [-0.39, 0.29) is 11.6 Å². The summed E-state index contributed by atoms with van der Waals surface area (Å²) in [5, 5.41) is 3.16. The van der Waals surface area contributed by atoms with Gasteiger partial charge in [-0.3, -0.25) is 0 Å². The quantitative estimate of drug-likeness (QED) is 0.722. The van der Waals surface area contributed by atoms with E-state index in [1.54, 1.807) is 18.3 Å². The maximum atomic E-state index is 11.7. The molecule has 24 heavy (non-hydrogen) atoms. The van der Waals surface area contributed by atoms with Crippen LogP contribution in [-0.4, -0.2) is 28.0 Å². The number of aromatic nitrogens is 3. The Labute approximate surface area is 138 Å². The van der Waals surface area contributed by atoms with E-state index in [1.807, 2.05) is 30.3 Å². The molecule has 0 atom stereocenters. The second-order valence-corrected chi connectivity index (χ2v) is 4.67. The van der Waals surface area contributed by atoms with E-state index in [0.29, 0.717) is 5.75 Å². The summed E-state index contributed by atoms with van der Waals surface area (Å²) in [7, 11) is 1.28. The number of methoxy groups -OCH3 is 1. The van der Waals surface area contributed by atoms with Gasteiger partial charge in [-0.2, -0.15) is 0 Å². The van der Waals surface area contributed by atoms with Crippen molar-refractivity contribution in [1.29, 1.82) is 0 Å². The number of nitrogens with zero attached hydrogens (tertiary/aromatic N) is 3. The van der Waals surface area contributed by atoms with Crippen molar-refractivity contribution in [2.75, 3.05) is 12.4 Å². The number of rotatable bonds is 5. The first-order valence-electron chi connectivity index (χ1n) is 7.11. The molecule has 0 saturated carbocycles. The molecule has 2 aromatic heterocycles. The van der Waals surface area contributed by atoms with Crippen molar-refractivity contribution in [3.63, 3.8) is 0 Å². The largest absolute Gasteiger partial charge is 0.464 e. The van der Waals surface area contributed by atoms with E-state index in [2.05, 4.69) is 25.0 Å². The Morgan fingerprint density at radius 1 is 0.958 bits per heavy atom. The lowest BCUT2D eigenvalue weighted by Gasteiger charge is -2.09. The molecule has 7 heteroatoms. The molecule has 0 saturated heterocycles. The van der Waals surface area contributed by atoms with Crippen LogP contribution in [0.1, 0.15) is 10.5 Å². The topological polar surface area (TPSA) is 86.2 Å². The number of ether oxygens (including phenoxy) is 2. The van der Waals surface area contributed by atoms with Gasteiger partial charge in [0.2, 0.25) is 5.69 Å². The zero-order chi connectivity index (χ0) is 16.8. The van der Waals surface area contributed by atoms with Gasteiger partial charge in [0.05, 0.1) is 7.11 Å². The van der Waals surface area contributed by atoms with Gasteiger partial charge < -0.3 is 14.8 Å². The average molecular weight is 322 g/mol. The number of hydrogen-bond donors (Lipinski definition) is 1. The highest BCUT2D eigenvalue weighted by Crippen LogP contribution is 2.24. The molecule has 0 spiro atoms. The number of esters is 1. The zero-order valence-electron chi connectivity index (χ0n) is 12.8. The summed E-state index contributed by atoms with van der Waals surface area (Å²) in [5.41, 5.74) is 0.879. The van der Waals surface area contributed by atoms with Crippen LogP contribution >= 0.6 is 0 Å². The second kappa shape index (κ2) is 7.19. The Kier molecular flexibility index (Phi) is 4.62. The van der Waals surface area contributed by atoms with Crippen molar-refractivity contribution < 1.29 is 14.3 Å². The molecule has 3 rings (SSSR count). The molecule has 0 aliphatic heterocycles. The molecule has 0 fully saturated rings. The van der Waals surface area contributed by atoms with Gasteiger partial charge in [-0.15, -0.1) is 0 Å². The number of pyridine rings is 1. The van der Waals surface area contributed by atoms with Crippen LogP contribution in [0.3, 0.4) is 0 Å². The average Bonchev–Trinajstić information content (AvgIpc) is 2.64. The van der Waals surface area contributed by atoms with Crippen molar-refractivity contribution in [1.82, 2.24) is 15.0 Å². The first kappa shape index (κ1) is 15.4. The van der Waals surface area contributed by atoms with Crippen LogP contribution < -0.4 is 10.1 Å². The Hall–Kier alpha value is -3.48. The molecule has 0 unspecified atom stereocenters. The molecule has 120 valence electrons. The van der Waals surface area contributed by atoms with E-state index in [1.165, 1.54) is 19.5 Å². The van der Waals surface area contributed by atoms with Gasteiger partial charge in [-0.05, 0) is 36.4 Å². The van der Waals surface area contributed by atoms with E-state index in [9.17, 15) is 4.79 Å². The molecule has 0 radical (unpaired) electrons. The third kappa shape index (κ3) is 3.64. The van der Waals surface area contributed by atoms with Crippen molar-refractivity contribution in [2.24, 2.45) is 0 Å². The predicted octanol–water partition coefficient (Wildman–Crippen LogP) is 3.19. The molecule has 3 aromatic rings. The number of nitrogens with one attached hydrogen (secondary N) is 1. The van der Waals surface area contributed by atoms with Gasteiger partial charge in [0.1, 0.15) is 11.6 Å². The van der Waals surface area contributed by atoms with Crippen LogP contribution in [0.5, 0.6) is 11.6 Å². The highest BCUT2D eigenvalue weighted by Gasteiger charge is 2.16. The summed E-state index contributed by atoms with van der Waals surface area (Å²) < 4.78 is 10.3. The molecule has 1 aromatic carbocycles. The molecule has 1 N–H and O–H groups in total. The minimum Gasteiger partial charge on any atom is -0.464 e. The smallest absolute Gasteiger partial charge is 0.362 e. The van der Waals surface area contributed by atoms with Crippen molar-refractivity contribution in [3.05, 3.63) is 66.7 Å². The zero-order valence-corrected chi connectivity index (χ0v) is 12.8. The van der Waals surface area contributed by atoms with Gasteiger partial charge >= 0.3 is 5.97 Å². The van der Waals surface area contributed by atoms with E-state index < -0.39 is 5.97 Å². The Balaban J connectivity index is 1.74. The summed E-state index contributed by atoms with van der Waals surface area (Å²) in [5.74, 6) is 0.751. The molecule has 7 nitrogen and oxygen atoms in total. The van der Waals surface area contributed by atoms with Crippen LogP contribution in [0.15, 0.2) is 61.1 Å². The van der Waals surface area contributed by atoms with Crippen LogP contribution in [0, 0.1) is 0 Å². The lowest BCUT2D eigenvalue weighted by Crippen LogP contribution is -2.07. The van der Waals surface area contributed by atoms with Gasteiger partial charge in [-0.25, -0.2) is 19.7 Å². The lowest BCUT2D eigenvalue weighted by atomic mass is 10.3. The first-order chi connectivity index (χ1) is 11.8. The minimum atomic E-state index is -0.605. The number of benzene rings is 1. The molecular formula is C17H14N4O3. The first-order valence-corrected chi connectivity index (χ1v) is 7.11. The molecule has 0 aliphatic carbocycles. The molecular weight excluding hydrogens is 308 g/mol. The second-order valence-electron chi connectivity index (χ2n) is 4.67. The SMILES string of the molecule is COC(=O)c1nccnc1Oc1ccc(Nc2ccccn2)cc1. The van der Waals surface area contributed by atoms with Gasteiger partial charge in [0, 0.05) is 24.3 Å². The van der Waals surface area contributed by atoms with Gasteiger partial charge in [-0.1, -0.05) is 6.07 Å². The summed E-state index contributed by atoms with van der Waals surface area (Å²) in [6.45, 7) is 0. The van der Waals surface area contributed by atoms with Crippen LogP contribution in [0.4, 0.5) is 11.5 Å². The molecule has 0 bridgehead atoms. The summed E-state index contributed by atoms with van der Waals surface area (Å²) in [6, 6.07) is 12.8. The van der Waals surface area contributed by atoms with Crippen molar-refractivity contribution >= 4 is 17.5 Å². The summed E-state index contributed by atoms with van der Waals surface area (Å²) in [4.78, 5) is 23.8. The Morgan fingerprint density at radius 2 is 1.75 bits per heavy atom. The fourth-order valence-electron chi connectivity index (χ4n) is 1.94. The molecule has 0 aliphatic rings. The van der Waals surface area contributed by atoms with Crippen LogP contribution in [0.2, 0.25) is 0 Å². The van der Waals surface area contributed by atoms with E-state index in [4.69, 9.17) is 4.74 Å². The van der Waals surface area contributed by atoms with E-state index in [0.717, 1.165) is 11.5 Å². The summed E-state index contributed by atoms with van der Waals surface area (Å²) >= 11 is 0. The number of carbonyl (C=O) groups is 1. The van der Waals surface area contributed by atoms with Gasteiger partial charge in [0.25, 0.3) is 5.88 Å². The normalized spacial score (nSPS) is 10.0. The highest BCUT2D eigenvalue weighted by molar-refractivity contribution is 5.89. The predicted molar refractivity (Wildman–Crippen MR) is 87.4 cm³/mol. The molecule has 2 heterocycles. The van der Waals surface area contributed by atoms with Crippen LogP contribution in [0.25, 0.3) is 0 Å². The third-order valence-electron chi connectivity index (χ3n) is 3.05. The van der Waals surface area contributed by atoms with Crippen LogP contribution in [-0.2, 0) is 4.74 Å². The fourth-order valence-corrected chi connectivity index (χ4v) is 1.94. The number of carbonyl (C=O) groups excluding carboxylic acids is 1. The van der Waals surface area contributed by atoms with Crippen molar-refractivity contribution in [2.45, 2.75) is 0 Å². The fraction of sp³-hybridized carbons (Fsp3) is 0.0588. The molecule has 0 amide bonds. The lowest BCUT2D eigenvalue weighted by molar-refractivity contribution is 0.0590. The monoisotopic (exact) mass is 322 g/mol. The van der Waals surface area contributed by atoms with E-state index >= 15 is 0 Å². The van der Waals surface area contributed by atoms with Gasteiger partial charge in [0.15, 0.2) is 0 Å². The minimum absolute atomic E-state index is 0.0238. The van der Waals surface area contributed by atoms with Crippen molar-refractivity contribution in [3.8, 4) is 11.6 Å². The maximum Gasteiger partial charge on any atom is 0.362 e. The number of hydrogen-bond acceptors (Lipinski definition) is 7. The number of anilines is 2. The standard InChI is InChI=1S/C17H14N4O3/c1-23-17(22)15-16(20-11-10-19-15)24-13-7-5-12(6-8-13)21-14-4-2-3-9-18-14/h2-11H,1H3,(H,18,21). The highest BCUT2D eigenvalue weighted by atomic mass is 16.5. The summed E-state index contributed by atoms with van der Waals surface area (Å²) in [6.07, 6.45) is 4.56. The Morgan fingerprint density at radius 3 is 2.46 bits per heavy atom. The third-order valence-corrected chi connectivity index (χ3v) is 3.05. The maximum absolute atomic E-state index is 11.7. The Bertz CT molecular complexity index is 823.